The number of hydrogen-bond acceptors (Lipinski definition) is 5. The van der Waals surface area contributed by atoms with Crippen molar-refractivity contribution in [3.8, 4) is 5.75 Å². The summed E-state index contributed by atoms with van der Waals surface area (Å²) in [5, 5.41) is 11.8. The maximum atomic E-state index is 11.8. The maximum Gasteiger partial charge on any atom is 0.239 e. The quantitative estimate of drug-likeness (QED) is 0.639. The largest absolute Gasteiger partial charge is 0.487 e. The molecule has 1 N–H and O–H groups in total. The number of amidine groups is 1. The number of carbonyl (C=O) groups excluding carboxylic acids is 1. The van der Waals surface area contributed by atoms with E-state index >= 15 is 0 Å². The minimum atomic E-state index is -0.0882. The molecule has 2 aromatic rings. The number of carbonyl (C=O) groups is 1. The van der Waals surface area contributed by atoms with Crippen molar-refractivity contribution >= 4 is 28.5 Å². The summed E-state index contributed by atoms with van der Waals surface area (Å²) in [5.41, 5.74) is 1.64. The van der Waals surface area contributed by atoms with Crippen LogP contribution in [0.5, 0.6) is 5.75 Å². The van der Waals surface area contributed by atoms with Crippen molar-refractivity contribution in [1.29, 1.82) is 0 Å². The van der Waals surface area contributed by atoms with Crippen LogP contribution in [0.1, 0.15) is 18.9 Å². The van der Waals surface area contributed by atoms with E-state index in [0.717, 1.165) is 17.7 Å². The van der Waals surface area contributed by atoms with E-state index in [4.69, 9.17) is 4.74 Å². The van der Waals surface area contributed by atoms with Gasteiger partial charge in [0.05, 0.1) is 5.25 Å². The van der Waals surface area contributed by atoms with Crippen molar-refractivity contribution in [2.24, 2.45) is 10.2 Å². The van der Waals surface area contributed by atoms with Gasteiger partial charge in [-0.25, -0.2) is 0 Å². The fraction of sp³-hybridized carbons (Fsp3) is 0.211. The Balaban J connectivity index is 1.78. The zero-order valence-corrected chi connectivity index (χ0v) is 14.7. The maximum absolute atomic E-state index is 11.8. The van der Waals surface area contributed by atoms with Crippen LogP contribution in [-0.2, 0) is 4.79 Å². The smallest absolute Gasteiger partial charge is 0.239 e. The number of nitrogens with one attached hydrogen (secondary N) is 1. The molecule has 3 rings (SSSR count). The number of ether oxygens (including phenoxy) is 1. The van der Waals surface area contributed by atoms with Gasteiger partial charge in [-0.3, -0.25) is 4.79 Å². The lowest BCUT2D eigenvalue weighted by Gasteiger charge is -2.08. The Morgan fingerprint density at radius 3 is 2.44 bits per heavy atom. The summed E-state index contributed by atoms with van der Waals surface area (Å²) in [6.07, 6.45) is 0.766. The highest BCUT2D eigenvalue weighted by atomic mass is 32.2. The zero-order chi connectivity index (χ0) is 17.5. The number of rotatable bonds is 6. The van der Waals surface area contributed by atoms with Crippen LogP contribution >= 0.6 is 11.8 Å². The van der Waals surface area contributed by atoms with Gasteiger partial charge >= 0.3 is 0 Å². The molecule has 25 heavy (non-hydrogen) atoms. The van der Waals surface area contributed by atoms with E-state index < -0.39 is 0 Å². The summed E-state index contributed by atoms with van der Waals surface area (Å²) in [4.78, 5) is 11.8. The summed E-state index contributed by atoms with van der Waals surface area (Å²) in [6.45, 7) is 2.27. The van der Waals surface area contributed by atoms with Crippen molar-refractivity contribution in [3.05, 3.63) is 66.2 Å². The van der Waals surface area contributed by atoms with E-state index in [1.54, 1.807) is 0 Å². The molecule has 6 heteroatoms. The lowest BCUT2D eigenvalue weighted by Crippen LogP contribution is -2.24. The normalized spacial score (nSPS) is 19.1. The van der Waals surface area contributed by atoms with Crippen molar-refractivity contribution in [1.82, 2.24) is 5.32 Å². The van der Waals surface area contributed by atoms with Crippen LogP contribution in [0.4, 0.5) is 0 Å². The molecule has 1 amide bonds. The fourth-order valence-electron chi connectivity index (χ4n) is 2.30. The second-order valence-corrected chi connectivity index (χ2v) is 6.62. The van der Waals surface area contributed by atoms with Gasteiger partial charge in [-0.05, 0) is 18.6 Å². The second kappa shape index (κ2) is 8.48. The SMILES string of the molecule is CCC1S/C(=N\N=C(/COc2ccccc2)c2ccccc2)NC1=O. The topological polar surface area (TPSA) is 63.1 Å². The predicted molar refractivity (Wildman–Crippen MR) is 102 cm³/mol. The molecular formula is C19H19N3O2S. The molecule has 0 aliphatic carbocycles. The van der Waals surface area contributed by atoms with E-state index in [1.165, 1.54) is 11.8 Å². The molecule has 2 aromatic carbocycles. The first-order valence-corrected chi connectivity index (χ1v) is 8.99. The third-order valence-corrected chi connectivity index (χ3v) is 4.87. The number of thioether (sulfide) groups is 1. The number of hydrogen-bond donors (Lipinski definition) is 1. The van der Waals surface area contributed by atoms with Gasteiger partial charge in [0.2, 0.25) is 5.91 Å². The van der Waals surface area contributed by atoms with E-state index in [9.17, 15) is 4.79 Å². The highest BCUT2D eigenvalue weighted by Crippen LogP contribution is 2.22. The summed E-state index contributed by atoms with van der Waals surface area (Å²) in [5.74, 6) is 0.761. The van der Waals surface area contributed by atoms with Crippen LogP contribution in [0.25, 0.3) is 0 Å². The van der Waals surface area contributed by atoms with Crippen molar-refractivity contribution < 1.29 is 9.53 Å². The second-order valence-electron chi connectivity index (χ2n) is 5.42. The van der Waals surface area contributed by atoms with E-state index in [0.29, 0.717) is 17.5 Å². The van der Waals surface area contributed by atoms with Crippen LogP contribution in [0.3, 0.4) is 0 Å². The van der Waals surface area contributed by atoms with Crippen LogP contribution in [0.15, 0.2) is 70.9 Å². The number of para-hydroxylation sites is 1. The van der Waals surface area contributed by atoms with Crippen molar-refractivity contribution in [2.75, 3.05) is 6.61 Å². The molecule has 1 unspecified atom stereocenters. The number of nitrogens with zero attached hydrogens (tertiary/aromatic N) is 2. The first-order chi connectivity index (χ1) is 12.3. The summed E-state index contributed by atoms with van der Waals surface area (Å²) in [7, 11) is 0. The molecule has 0 spiro atoms. The van der Waals surface area contributed by atoms with Crippen molar-refractivity contribution in [3.63, 3.8) is 0 Å². The molecule has 1 aliphatic heterocycles. The zero-order valence-electron chi connectivity index (χ0n) is 13.9. The summed E-state index contributed by atoms with van der Waals surface area (Å²) in [6, 6.07) is 19.3. The van der Waals surface area contributed by atoms with Gasteiger partial charge in [0.15, 0.2) is 5.17 Å². The highest BCUT2D eigenvalue weighted by Gasteiger charge is 2.28. The average Bonchev–Trinajstić information content (AvgIpc) is 3.03. The van der Waals surface area contributed by atoms with Crippen LogP contribution in [0, 0.1) is 0 Å². The Bertz CT molecular complexity index is 776. The van der Waals surface area contributed by atoms with Gasteiger partial charge in [0, 0.05) is 5.56 Å². The molecule has 5 nitrogen and oxygen atoms in total. The lowest BCUT2D eigenvalue weighted by molar-refractivity contribution is -0.118. The molecule has 1 aliphatic rings. The molecular weight excluding hydrogens is 334 g/mol. The Labute approximate surface area is 151 Å². The van der Waals surface area contributed by atoms with Gasteiger partial charge in [0.25, 0.3) is 0 Å². The first kappa shape index (κ1) is 17.2. The Morgan fingerprint density at radius 1 is 1.12 bits per heavy atom. The molecule has 1 saturated heterocycles. The third kappa shape index (κ3) is 4.70. The van der Waals surface area contributed by atoms with Gasteiger partial charge in [-0.15, -0.1) is 10.2 Å². The number of benzene rings is 2. The summed E-state index contributed by atoms with van der Waals surface area (Å²) >= 11 is 1.41. The Morgan fingerprint density at radius 2 is 1.80 bits per heavy atom. The standard InChI is InChI=1S/C19H19N3O2S/c1-2-17-18(23)20-19(25-17)22-21-16(14-9-5-3-6-10-14)13-24-15-11-7-4-8-12-15/h3-12,17H,2,13H2,1H3,(H,20,22,23)/b21-16+. The molecule has 0 radical (unpaired) electrons. The lowest BCUT2D eigenvalue weighted by atomic mass is 10.1. The van der Waals surface area contributed by atoms with Gasteiger partial charge in [-0.2, -0.15) is 0 Å². The number of amides is 1. The monoisotopic (exact) mass is 353 g/mol. The molecule has 0 saturated carbocycles. The fourth-order valence-corrected chi connectivity index (χ4v) is 3.15. The van der Waals surface area contributed by atoms with Crippen LogP contribution < -0.4 is 10.1 Å². The highest BCUT2D eigenvalue weighted by molar-refractivity contribution is 8.15. The third-order valence-electron chi connectivity index (χ3n) is 3.63. The predicted octanol–water partition coefficient (Wildman–Crippen LogP) is 3.47. The van der Waals surface area contributed by atoms with Crippen LogP contribution in [-0.4, -0.2) is 28.6 Å². The molecule has 1 fully saturated rings. The van der Waals surface area contributed by atoms with E-state index in [2.05, 4.69) is 15.5 Å². The average molecular weight is 353 g/mol. The van der Waals surface area contributed by atoms with Crippen LogP contribution in [0.2, 0.25) is 0 Å². The minimum Gasteiger partial charge on any atom is -0.487 e. The molecule has 0 bridgehead atoms. The summed E-state index contributed by atoms with van der Waals surface area (Å²) < 4.78 is 5.81. The molecule has 128 valence electrons. The molecule has 1 heterocycles. The molecule has 1 atom stereocenters. The Kier molecular flexibility index (Phi) is 5.85. The van der Waals surface area contributed by atoms with Gasteiger partial charge in [-0.1, -0.05) is 67.2 Å². The molecule has 0 aromatic heterocycles. The van der Waals surface area contributed by atoms with E-state index in [-0.39, 0.29) is 11.2 Å². The first-order valence-electron chi connectivity index (χ1n) is 8.11. The van der Waals surface area contributed by atoms with Gasteiger partial charge in [0.1, 0.15) is 18.1 Å². The van der Waals surface area contributed by atoms with Gasteiger partial charge < -0.3 is 10.1 Å². The van der Waals surface area contributed by atoms with E-state index in [1.807, 2.05) is 67.6 Å². The van der Waals surface area contributed by atoms with Crippen molar-refractivity contribution in [2.45, 2.75) is 18.6 Å². The minimum absolute atomic E-state index is 0.0109. The Hall–Kier alpha value is -2.60.